The molecule has 2 N–H and O–H groups in total. The smallest absolute Gasteiger partial charge is 0.326 e. The highest BCUT2D eigenvalue weighted by Gasteiger charge is 2.30. The SMILES string of the molecule is Cn1c(=O)[nH]c2cc(C(=O)N3CCCC(C(=O)NCC4CC4)C3)ccc21. The zero-order chi connectivity index (χ0) is 18.3. The van der Waals surface area contributed by atoms with Gasteiger partial charge in [0.15, 0.2) is 0 Å². The van der Waals surface area contributed by atoms with Gasteiger partial charge >= 0.3 is 5.69 Å². The summed E-state index contributed by atoms with van der Waals surface area (Å²) >= 11 is 0. The molecule has 1 saturated heterocycles. The van der Waals surface area contributed by atoms with Gasteiger partial charge in [-0.1, -0.05) is 0 Å². The summed E-state index contributed by atoms with van der Waals surface area (Å²) in [5, 5.41) is 3.03. The van der Waals surface area contributed by atoms with E-state index in [1.165, 1.54) is 17.4 Å². The fourth-order valence-electron chi connectivity index (χ4n) is 3.64. The van der Waals surface area contributed by atoms with E-state index in [0.717, 1.165) is 24.9 Å². The van der Waals surface area contributed by atoms with E-state index >= 15 is 0 Å². The van der Waals surface area contributed by atoms with Crippen LogP contribution in [0.5, 0.6) is 0 Å². The van der Waals surface area contributed by atoms with Crippen LogP contribution in [0.25, 0.3) is 11.0 Å². The average Bonchev–Trinajstić information content (AvgIpc) is 3.45. The molecule has 7 nitrogen and oxygen atoms in total. The Kier molecular flexibility index (Phi) is 4.30. The normalized spacial score (nSPS) is 20.3. The first-order valence-electron chi connectivity index (χ1n) is 9.28. The van der Waals surface area contributed by atoms with Gasteiger partial charge in [0, 0.05) is 32.2 Å². The minimum absolute atomic E-state index is 0.0669. The Morgan fingerprint density at radius 1 is 1.27 bits per heavy atom. The van der Waals surface area contributed by atoms with E-state index in [-0.39, 0.29) is 23.4 Å². The molecule has 0 spiro atoms. The molecule has 1 aliphatic carbocycles. The minimum atomic E-state index is -0.199. The molecule has 7 heteroatoms. The Balaban J connectivity index is 1.46. The lowest BCUT2D eigenvalue weighted by Gasteiger charge is -2.32. The number of carbonyl (C=O) groups is 2. The second-order valence-corrected chi connectivity index (χ2v) is 7.50. The number of nitrogens with zero attached hydrogens (tertiary/aromatic N) is 2. The number of hydrogen-bond acceptors (Lipinski definition) is 3. The van der Waals surface area contributed by atoms with Crippen LogP contribution in [0.2, 0.25) is 0 Å². The zero-order valence-electron chi connectivity index (χ0n) is 15.0. The standard InChI is InChI=1S/C19H24N4O3/c1-22-16-7-6-13(9-15(16)21-19(22)26)18(25)23-8-2-3-14(11-23)17(24)20-10-12-4-5-12/h6-7,9,12,14H,2-5,8,10-11H2,1H3,(H,20,24)(H,21,26). The predicted molar refractivity (Wildman–Crippen MR) is 97.9 cm³/mol. The van der Waals surface area contributed by atoms with Gasteiger partial charge in [-0.25, -0.2) is 4.79 Å². The van der Waals surface area contributed by atoms with Crippen molar-refractivity contribution in [2.45, 2.75) is 25.7 Å². The molecule has 1 unspecified atom stereocenters. The summed E-state index contributed by atoms with van der Waals surface area (Å²) in [5.74, 6) is 0.500. The average molecular weight is 356 g/mol. The number of hydrogen-bond donors (Lipinski definition) is 2. The molecule has 0 radical (unpaired) electrons. The number of carbonyl (C=O) groups excluding carboxylic acids is 2. The van der Waals surface area contributed by atoms with Crippen molar-refractivity contribution in [1.29, 1.82) is 0 Å². The maximum atomic E-state index is 12.9. The minimum Gasteiger partial charge on any atom is -0.356 e. The summed E-state index contributed by atoms with van der Waals surface area (Å²) in [6, 6.07) is 5.24. The fourth-order valence-corrected chi connectivity index (χ4v) is 3.64. The van der Waals surface area contributed by atoms with Crippen LogP contribution in [0.3, 0.4) is 0 Å². The third kappa shape index (κ3) is 3.25. The Labute approximate surface area is 151 Å². The van der Waals surface area contributed by atoms with Crippen LogP contribution in [0.1, 0.15) is 36.0 Å². The number of H-pyrrole nitrogens is 1. The molecule has 1 atom stereocenters. The van der Waals surface area contributed by atoms with E-state index in [9.17, 15) is 14.4 Å². The number of fused-ring (bicyclic) bond motifs is 1. The number of aromatic nitrogens is 2. The molecule has 2 aliphatic rings. The Hall–Kier alpha value is -2.57. The van der Waals surface area contributed by atoms with Crippen LogP contribution >= 0.6 is 0 Å². The summed E-state index contributed by atoms with van der Waals surface area (Å²) < 4.78 is 1.52. The molecule has 1 aromatic carbocycles. The third-order valence-electron chi connectivity index (χ3n) is 5.49. The topological polar surface area (TPSA) is 87.2 Å². The Morgan fingerprint density at radius 2 is 2.08 bits per heavy atom. The Bertz CT molecular complexity index is 909. The van der Waals surface area contributed by atoms with Gasteiger partial charge in [-0.3, -0.25) is 14.2 Å². The molecule has 2 amide bonds. The van der Waals surface area contributed by atoms with Crippen LogP contribution in [0.4, 0.5) is 0 Å². The van der Waals surface area contributed by atoms with Gasteiger partial charge in [-0.2, -0.15) is 0 Å². The van der Waals surface area contributed by atoms with E-state index in [1.807, 2.05) is 0 Å². The first-order valence-corrected chi connectivity index (χ1v) is 9.28. The van der Waals surface area contributed by atoms with Crippen molar-refractivity contribution in [2.75, 3.05) is 19.6 Å². The van der Waals surface area contributed by atoms with E-state index in [4.69, 9.17) is 0 Å². The molecule has 2 heterocycles. The lowest BCUT2D eigenvalue weighted by Crippen LogP contribution is -2.45. The summed E-state index contributed by atoms with van der Waals surface area (Å²) in [6.07, 6.45) is 4.07. The fraction of sp³-hybridized carbons (Fsp3) is 0.526. The van der Waals surface area contributed by atoms with Crippen LogP contribution in [0.15, 0.2) is 23.0 Å². The number of likely N-dealkylation sites (tertiary alicyclic amines) is 1. The highest BCUT2D eigenvalue weighted by molar-refractivity contribution is 5.97. The monoisotopic (exact) mass is 356 g/mol. The maximum absolute atomic E-state index is 12.9. The van der Waals surface area contributed by atoms with Gasteiger partial charge in [0.05, 0.1) is 17.0 Å². The van der Waals surface area contributed by atoms with Crippen molar-refractivity contribution in [2.24, 2.45) is 18.9 Å². The van der Waals surface area contributed by atoms with Crippen LogP contribution in [0, 0.1) is 11.8 Å². The molecule has 1 aliphatic heterocycles. The van der Waals surface area contributed by atoms with Gasteiger partial charge in [-0.15, -0.1) is 0 Å². The van der Waals surface area contributed by atoms with Crippen LogP contribution in [-0.4, -0.2) is 45.9 Å². The first-order chi connectivity index (χ1) is 12.5. The molecule has 4 rings (SSSR count). The number of nitrogens with one attached hydrogen (secondary N) is 2. The third-order valence-corrected chi connectivity index (χ3v) is 5.49. The van der Waals surface area contributed by atoms with E-state index in [2.05, 4.69) is 10.3 Å². The van der Waals surface area contributed by atoms with Gasteiger partial charge in [0.25, 0.3) is 5.91 Å². The number of imidazole rings is 1. The largest absolute Gasteiger partial charge is 0.356 e. The van der Waals surface area contributed by atoms with Crippen molar-refractivity contribution >= 4 is 22.8 Å². The van der Waals surface area contributed by atoms with Gasteiger partial charge < -0.3 is 15.2 Å². The quantitative estimate of drug-likeness (QED) is 0.864. The lowest BCUT2D eigenvalue weighted by atomic mass is 9.96. The summed E-state index contributed by atoms with van der Waals surface area (Å²) in [4.78, 5) is 41.5. The maximum Gasteiger partial charge on any atom is 0.326 e. The van der Waals surface area contributed by atoms with Crippen LogP contribution < -0.4 is 11.0 Å². The number of piperidine rings is 1. The lowest BCUT2D eigenvalue weighted by molar-refractivity contribution is -0.126. The second-order valence-electron chi connectivity index (χ2n) is 7.50. The highest BCUT2D eigenvalue weighted by atomic mass is 16.2. The highest BCUT2D eigenvalue weighted by Crippen LogP contribution is 2.28. The van der Waals surface area contributed by atoms with Gasteiger partial charge in [0.2, 0.25) is 5.91 Å². The molecule has 2 aromatic rings. The second kappa shape index (κ2) is 6.63. The van der Waals surface area contributed by atoms with Gasteiger partial charge in [-0.05, 0) is 49.8 Å². The molecule has 26 heavy (non-hydrogen) atoms. The number of benzene rings is 1. The van der Waals surface area contributed by atoms with E-state index < -0.39 is 0 Å². The predicted octanol–water partition coefficient (Wildman–Crippen LogP) is 1.24. The molecule has 138 valence electrons. The molecular weight excluding hydrogens is 332 g/mol. The number of amides is 2. The zero-order valence-corrected chi connectivity index (χ0v) is 15.0. The molecule has 1 saturated carbocycles. The van der Waals surface area contributed by atoms with Crippen LogP contribution in [-0.2, 0) is 11.8 Å². The number of rotatable bonds is 4. The molecular formula is C19H24N4O3. The van der Waals surface area contributed by atoms with Crippen molar-refractivity contribution in [3.05, 3.63) is 34.2 Å². The van der Waals surface area contributed by atoms with E-state index in [0.29, 0.717) is 30.1 Å². The molecule has 0 bridgehead atoms. The van der Waals surface area contributed by atoms with Gasteiger partial charge in [0.1, 0.15) is 0 Å². The molecule has 2 fully saturated rings. The van der Waals surface area contributed by atoms with Crippen molar-refractivity contribution in [3.63, 3.8) is 0 Å². The summed E-state index contributed by atoms with van der Waals surface area (Å²) in [5.41, 5.74) is 1.76. The molecule has 1 aromatic heterocycles. The summed E-state index contributed by atoms with van der Waals surface area (Å²) in [6.45, 7) is 1.88. The Morgan fingerprint density at radius 3 is 2.85 bits per heavy atom. The van der Waals surface area contributed by atoms with E-state index in [1.54, 1.807) is 30.1 Å². The van der Waals surface area contributed by atoms with Crippen molar-refractivity contribution < 1.29 is 9.59 Å². The summed E-state index contributed by atoms with van der Waals surface area (Å²) in [7, 11) is 1.69. The first kappa shape index (κ1) is 16.9. The van der Waals surface area contributed by atoms with Crippen molar-refractivity contribution in [3.8, 4) is 0 Å². The number of aromatic amines is 1. The number of aryl methyl sites for hydroxylation is 1. The van der Waals surface area contributed by atoms with Crippen molar-refractivity contribution in [1.82, 2.24) is 19.8 Å².